The molecule has 1 aromatic heterocycles. The summed E-state index contributed by atoms with van der Waals surface area (Å²) in [7, 11) is 0. The van der Waals surface area contributed by atoms with Crippen molar-refractivity contribution in [2.24, 2.45) is 10.9 Å². The molecule has 2 fully saturated rings. The van der Waals surface area contributed by atoms with Gasteiger partial charge in [-0.15, -0.1) is 0 Å². The van der Waals surface area contributed by atoms with Crippen molar-refractivity contribution in [2.75, 3.05) is 39.3 Å². The van der Waals surface area contributed by atoms with Crippen molar-refractivity contribution in [3.63, 3.8) is 0 Å². The minimum Gasteiger partial charge on any atom is -0.469 e. The number of guanidine groups is 1. The molecule has 0 radical (unpaired) electrons. The Kier molecular flexibility index (Phi) is 6.97. The third-order valence-electron chi connectivity index (χ3n) is 5.48. The van der Waals surface area contributed by atoms with Gasteiger partial charge in [-0.05, 0) is 30.9 Å². The van der Waals surface area contributed by atoms with Crippen LogP contribution in [-0.4, -0.2) is 60.9 Å². The lowest BCUT2D eigenvalue weighted by atomic mass is 9.89. The van der Waals surface area contributed by atoms with Crippen LogP contribution >= 0.6 is 0 Å². The van der Waals surface area contributed by atoms with E-state index in [0.717, 1.165) is 63.3 Å². The van der Waals surface area contributed by atoms with Crippen LogP contribution in [0.5, 0.6) is 0 Å². The van der Waals surface area contributed by atoms with Crippen molar-refractivity contribution in [1.29, 1.82) is 0 Å². The van der Waals surface area contributed by atoms with E-state index in [0.29, 0.717) is 0 Å². The van der Waals surface area contributed by atoms with Gasteiger partial charge in [0.05, 0.1) is 6.26 Å². The van der Waals surface area contributed by atoms with Gasteiger partial charge in [-0.2, -0.15) is 0 Å². The SMILES string of the molecule is CC(=O)N1CCN(C(=NCC2CCCCC2)NCCc2ccco2)CC1. The van der Waals surface area contributed by atoms with Crippen LogP contribution in [0.3, 0.4) is 0 Å². The molecule has 3 rings (SSSR count). The topological polar surface area (TPSA) is 61.1 Å². The van der Waals surface area contributed by atoms with Crippen LogP contribution in [0.4, 0.5) is 0 Å². The van der Waals surface area contributed by atoms with Gasteiger partial charge < -0.3 is 19.5 Å². The van der Waals surface area contributed by atoms with Crippen LogP contribution < -0.4 is 5.32 Å². The molecule has 6 heteroatoms. The third kappa shape index (κ3) is 5.51. The van der Waals surface area contributed by atoms with E-state index in [1.807, 2.05) is 17.0 Å². The second-order valence-corrected chi connectivity index (χ2v) is 7.42. The van der Waals surface area contributed by atoms with Gasteiger partial charge >= 0.3 is 0 Å². The highest BCUT2D eigenvalue weighted by Crippen LogP contribution is 2.23. The number of carbonyl (C=O) groups excluding carboxylic acids is 1. The van der Waals surface area contributed by atoms with Crippen molar-refractivity contribution in [2.45, 2.75) is 45.4 Å². The zero-order chi connectivity index (χ0) is 18.2. The molecule has 0 aromatic carbocycles. The molecule has 2 heterocycles. The monoisotopic (exact) mass is 360 g/mol. The molecule has 2 aliphatic rings. The predicted molar refractivity (Wildman–Crippen MR) is 103 cm³/mol. The number of nitrogens with zero attached hydrogens (tertiary/aromatic N) is 3. The zero-order valence-corrected chi connectivity index (χ0v) is 16.0. The van der Waals surface area contributed by atoms with Crippen LogP contribution in [0.25, 0.3) is 0 Å². The van der Waals surface area contributed by atoms with E-state index in [9.17, 15) is 4.79 Å². The van der Waals surface area contributed by atoms with E-state index in [1.54, 1.807) is 13.2 Å². The van der Waals surface area contributed by atoms with Crippen LogP contribution in [0.1, 0.15) is 44.8 Å². The second kappa shape index (κ2) is 9.64. The number of nitrogens with one attached hydrogen (secondary N) is 1. The average molecular weight is 361 g/mol. The fourth-order valence-electron chi connectivity index (χ4n) is 3.84. The van der Waals surface area contributed by atoms with Gasteiger partial charge in [-0.25, -0.2) is 0 Å². The van der Waals surface area contributed by atoms with Crippen molar-refractivity contribution in [3.05, 3.63) is 24.2 Å². The maximum absolute atomic E-state index is 11.6. The molecule has 1 aliphatic heterocycles. The number of piperazine rings is 1. The van der Waals surface area contributed by atoms with E-state index in [-0.39, 0.29) is 5.91 Å². The maximum atomic E-state index is 11.6. The fourth-order valence-corrected chi connectivity index (χ4v) is 3.84. The highest BCUT2D eigenvalue weighted by atomic mass is 16.3. The number of hydrogen-bond donors (Lipinski definition) is 1. The lowest BCUT2D eigenvalue weighted by molar-refractivity contribution is -0.130. The van der Waals surface area contributed by atoms with Gasteiger partial charge in [0.25, 0.3) is 0 Å². The van der Waals surface area contributed by atoms with Gasteiger partial charge in [0.2, 0.25) is 5.91 Å². The highest BCUT2D eigenvalue weighted by molar-refractivity contribution is 5.80. The molecular weight excluding hydrogens is 328 g/mol. The summed E-state index contributed by atoms with van der Waals surface area (Å²) >= 11 is 0. The van der Waals surface area contributed by atoms with Gasteiger partial charge in [0.1, 0.15) is 5.76 Å². The molecule has 1 aliphatic carbocycles. The Bertz CT molecular complexity index is 571. The highest BCUT2D eigenvalue weighted by Gasteiger charge is 2.21. The van der Waals surface area contributed by atoms with E-state index in [4.69, 9.17) is 9.41 Å². The number of aliphatic imine (C=N–C) groups is 1. The Labute approximate surface area is 156 Å². The van der Waals surface area contributed by atoms with Gasteiger partial charge in [-0.3, -0.25) is 9.79 Å². The largest absolute Gasteiger partial charge is 0.469 e. The van der Waals surface area contributed by atoms with Crippen molar-refractivity contribution < 1.29 is 9.21 Å². The molecule has 0 spiro atoms. The van der Waals surface area contributed by atoms with Crippen LogP contribution in [0.15, 0.2) is 27.8 Å². The summed E-state index contributed by atoms with van der Waals surface area (Å²) in [6.45, 7) is 6.61. The molecular formula is C20H32N4O2. The Morgan fingerprint density at radius 1 is 1.19 bits per heavy atom. The first-order valence-corrected chi connectivity index (χ1v) is 10.0. The average Bonchev–Trinajstić information content (AvgIpc) is 3.19. The maximum Gasteiger partial charge on any atom is 0.219 e. The predicted octanol–water partition coefficient (Wildman–Crippen LogP) is 2.51. The van der Waals surface area contributed by atoms with E-state index >= 15 is 0 Å². The number of amides is 1. The Balaban J connectivity index is 1.55. The Hall–Kier alpha value is -1.98. The molecule has 1 saturated heterocycles. The Morgan fingerprint density at radius 2 is 1.92 bits per heavy atom. The molecule has 1 aromatic rings. The van der Waals surface area contributed by atoms with Crippen LogP contribution in [0, 0.1) is 5.92 Å². The van der Waals surface area contributed by atoms with E-state index < -0.39 is 0 Å². The summed E-state index contributed by atoms with van der Waals surface area (Å²) in [5.41, 5.74) is 0. The van der Waals surface area contributed by atoms with Crippen molar-refractivity contribution in [1.82, 2.24) is 15.1 Å². The first kappa shape index (κ1) is 18.8. The molecule has 1 saturated carbocycles. The summed E-state index contributed by atoms with van der Waals surface area (Å²) in [4.78, 5) is 20.7. The normalized spacial score (nSPS) is 19.7. The molecule has 6 nitrogen and oxygen atoms in total. The van der Waals surface area contributed by atoms with Gasteiger partial charge in [0.15, 0.2) is 5.96 Å². The summed E-state index contributed by atoms with van der Waals surface area (Å²) in [6.07, 6.45) is 9.25. The van der Waals surface area contributed by atoms with Crippen molar-refractivity contribution in [3.8, 4) is 0 Å². The summed E-state index contributed by atoms with van der Waals surface area (Å²) in [6, 6.07) is 3.93. The number of furan rings is 1. The smallest absolute Gasteiger partial charge is 0.219 e. The van der Waals surface area contributed by atoms with E-state index in [1.165, 1.54) is 32.1 Å². The molecule has 0 unspecified atom stereocenters. The molecule has 26 heavy (non-hydrogen) atoms. The standard InChI is InChI=1S/C20H32N4O2/c1-17(25)23-11-13-24(14-12-23)20(21-10-9-19-8-5-15-26-19)22-16-18-6-3-2-4-7-18/h5,8,15,18H,2-4,6-7,9-14,16H2,1H3,(H,21,22). The van der Waals surface area contributed by atoms with E-state index in [2.05, 4.69) is 10.2 Å². The van der Waals surface area contributed by atoms with Crippen LogP contribution in [-0.2, 0) is 11.2 Å². The third-order valence-corrected chi connectivity index (χ3v) is 5.48. The first-order chi connectivity index (χ1) is 12.7. The number of hydrogen-bond acceptors (Lipinski definition) is 3. The lowest BCUT2D eigenvalue weighted by Gasteiger charge is -2.36. The summed E-state index contributed by atoms with van der Waals surface area (Å²) in [5.74, 6) is 2.87. The Morgan fingerprint density at radius 3 is 2.58 bits per heavy atom. The van der Waals surface area contributed by atoms with Gasteiger partial charge in [-0.1, -0.05) is 19.3 Å². The summed E-state index contributed by atoms with van der Waals surface area (Å²) < 4.78 is 5.42. The molecule has 144 valence electrons. The molecule has 0 bridgehead atoms. The number of rotatable bonds is 5. The molecule has 0 atom stereocenters. The molecule has 1 amide bonds. The van der Waals surface area contributed by atoms with Crippen LogP contribution in [0.2, 0.25) is 0 Å². The first-order valence-electron chi connectivity index (χ1n) is 10.0. The lowest BCUT2D eigenvalue weighted by Crippen LogP contribution is -2.53. The molecule has 1 N–H and O–H groups in total. The second-order valence-electron chi connectivity index (χ2n) is 7.42. The quantitative estimate of drug-likeness (QED) is 0.647. The minimum absolute atomic E-state index is 0.163. The zero-order valence-electron chi connectivity index (χ0n) is 16.0. The van der Waals surface area contributed by atoms with Gasteiger partial charge in [0, 0.05) is 52.6 Å². The minimum atomic E-state index is 0.163. The summed E-state index contributed by atoms with van der Waals surface area (Å²) in [5, 5.41) is 3.52. The fraction of sp³-hybridized carbons (Fsp3) is 0.700. The number of carbonyl (C=O) groups is 1. The van der Waals surface area contributed by atoms with Crippen molar-refractivity contribution >= 4 is 11.9 Å².